The number of likely N-dealkylation sites (tertiary alicyclic amines) is 1. The van der Waals surface area contributed by atoms with E-state index in [-0.39, 0.29) is 0 Å². The lowest BCUT2D eigenvalue weighted by Crippen LogP contribution is -2.39. The first kappa shape index (κ1) is 21.7. The lowest BCUT2D eigenvalue weighted by molar-refractivity contribution is 0.301. The summed E-state index contributed by atoms with van der Waals surface area (Å²) in [5.41, 5.74) is 3.41. The number of guanidine groups is 1. The van der Waals surface area contributed by atoms with Crippen LogP contribution in [0.3, 0.4) is 0 Å². The monoisotopic (exact) mass is 430 g/mol. The number of aliphatic imine (C=N–C) groups is 1. The molecule has 0 spiro atoms. The Kier molecular flexibility index (Phi) is 7.23. The van der Waals surface area contributed by atoms with Crippen LogP contribution in [-0.4, -0.2) is 43.1 Å². The highest BCUT2D eigenvalue weighted by Crippen LogP contribution is 2.28. The van der Waals surface area contributed by atoms with Crippen molar-refractivity contribution in [2.45, 2.75) is 25.5 Å². The van der Waals surface area contributed by atoms with Gasteiger partial charge in [-0.25, -0.2) is 0 Å². The van der Waals surface area contributed by atoms with E-state index in [9.17, 15) is 0 Å². The van der Waals surface area contributed by atoms with E-state index in [1.807, 2.05) is 49.5 Å². The molecule has 0 amide bonds. The molecular formula is C26H30N4O2. The molecule has 166 valence electrons. The number of pyridine rings is 1. The fourth-order valence-corrected chi connectivity index (χ4v) is 4.00. The van der Waals surface area contributed by atoms with Crippen LogP contribution in [0.5, 0.6) is 11.5 Å². The molecule has 2 aromatic carbocycles. The Labute approximate surface area is 189 Å². The summed E-state index contributed by atoms with van der Waals surface area (Å²) >= 11 is 0. The SMILES string of the molecule is CN=C(NCc1cccc(OCc2ccccn2)c1)N1CCC(c2ccc(OC)cc2)C1. The summed E-state index contributed by atoms with van der Waals surface area (Å²) in [5.74, 6) is 3.17. The first-order chi connectivity index (χ1) is 15.7. The lowest BCUT2D eigenvalue weighted by Gasteiger charge is -2.22. The molecule has 6 nitrogen and oxygen atoms in total. The number of benzene rings is 2. The van der Waals surface area contributed by atoms with Crippen LogP contribution in [0.25, 0.3) is 0 Å². The Morgan fingerprint density at radius 2 is 1.97 bits per heavy atom. The molecule has 1 saturated heterocycles. The van der Waals surface area contributed by atoms with E-state index in [0.29, 0.717) is 19.1 Å². The normalized spacial score (nSPS) is 16.1. The number of ether oxygens (including phenoxy) is 2. The molecule has 1 aliphatic rings. The van der Waals surface area contributed by atoms with Gasteiger partial charge in [-0.2, -0.15) is 0 Å². The third kappa shape index (κ3) is 5.58. The number of methoxy groups -OCH3 is 1. The van der Waals surface area contributed by atoms with Gasteiger partial charge in [-0.15, -0.1) is 0 Å². The van der Waals surface area contributed by atoms with Gasteiger partial charge in [0, 0.05) is 38.8 Å². The quantitative estimate of drug-likeness (QED) is 0.449. The van der Waals surface area contributed by atoms with Crippen LogP contribution in [0.1, 0.15) is 29.2 Å². The van der Waals surface area contributed by atoms with E-state index in [0.717, 1.165) is 48.2 Å². The number of nitrogens with zero attached hydrogens (tertiary/aromatic N) is 3. The van der Waals surface area contributed by atoms with Crippen molar-refractivity contribution in [3.8, 4) is 11.5 Å². The van der Waals surface area contributed by atoms with Crippen LogP contribution >= 0.6 is 0 Å². The minimum absolute atomic E-state index is 0.458. The summed E-state index contributed by atoms with van der Waals surface area (Å²) in [6, 6.07) is 22.4. The van der Waals surface area contributed by atoms with Gasteiger partial charge in [-0.3, -0.25) is 9.98 Å². The van der Waals surface area contributed by atoms with Gasteiger partial charge >= 0.3 is 0 Å². The molecule has 32 heavy (non-hydrogen) atoms. The molecule has 3 aromatic rings. The van der Waals surface area contributed by atoms with Gasteiger partial charge in [0.1, 0.15) is 18.1 Å². The zero-order valence-electron chi connectivity index (χ0n) is 18.7. The second-order valence-electron chi connectivity index (χ2n) is 7.86. The summed E-state index contributed by atoms with van der Waals surface area (Å²) in [4.78, 5) is 11.1. The molecule has 1 fully saturated rings. The molecule has 0 aliphatic carbocycles. The highest BCUT2D eigenvalue weighted by molar-refractivity contribution is 5.80. The van der Waals surface area contributed by atoms with Crippen molar-refractivity contribution in [1.29, 1.82) is 0 Å². The topological polar surface area (TPSA) is 59.0 Å². The van der Waals surface area contributed by atoms with Crippen LogP contribution in [-0.2, 0) is 13.2 Å². The van der Waals surface area contributed by atoms with Gasteiger partial charge in [0.05, 0.1) is 12.8 Å². The minimum Gasteiger partial charge on any atom is -0.497 e. The number of rotatable bonds is 7. The molecule has 0 radical (unpaired) electrons. The standard InChI is InChI=1S/C26H30N4O2/c1-27-26(30-15-13-22(18-30)21-9-11-24(31-2)12-10-21)29-17-20-6-5-8-25(16-20)32-19-23-7-3-4-14-28-23/h3-12,14,16,22H,13,15,17-19H2,1-2H3,(H,27,29). The molecule has 0 bridgehead atoms. The van der Waals surface area contributed by atoms with Gasteiger partial charge in [0.15, 0.2) is 5.96 Å². The van der Waals surface area contributed by atoms with Crippen molar-refractivity contribution in [2.24, 2.45) is 4.99 Å². The van der Waals surface area contributed by atoms with Crippen molar-refractivity contribution >= 4 is 5.96 Å². The first-order valence-corrected chi connectivity index (χ1v) is 11.0. The average Bonchev–Trinajstić information content (AvgIpc) is 3.34. The second kappa shape index (κ2) is 10.7. The molecule has 1 unspecified atom stereocenters. The van der Waals surface area contributed by atoms with Crippen molar-refractivity contribution in [2.75, 3.05) is 27.2 Å². The smallest absolute Gasteiger partial charge is 0.193 e. The van der Waals surface area contributed by atoms with E-state index < -0.39 is 0 Å². The lowest BCUT2D eigenvalue weighted by atomic mass is 9.98. The van der Waals surface area contributed by atoms with E-state index in [1.54, 1.807) is 13.3 Å². The summed E-state index contributed by atoms with van der Waals surface area (Å²) in [6.45, 7) is 3.10. The molecule has 0 saturated carbocycles. The summed E-state index contributed by atoms with van der Waals surface area (Å²) in [6.07, 6.45) is 2.89. The third-order valence-electron chi connectivity index (χ3n) is 5.75. The van der Waals surface area contributed by atoms with Crippen molar-refractivity contribution in [1.82, 2.24) is 15.2 Å². The van der Waals surface area contributed by atoms with Crippen LogP contribution in [0, 0.1) is 0 Å². The largest absolute Gasteiger partial charge is 0.497 e. The Balaban J connectivity index is 1.30. The fourth-order valence-electron chi connectivity index (χ4n) is 4.00. The molecule has 1 aromatic heterocycles. The maximum Gasteiger partial charge on any atom is 0.193 e. The van der Waals surface area contributed by atoms with E-state index in [2.05, 4.69) is 44.5 Å². The Hall–Kier alpha value is -3.54. The van der Waals surface area contributed by atoms with Crippen molar-refractivity contribution < 1.29 is 9.47 Å². The molecule has 1 atom stereocenters. The van der Waals surface area contributed by atoms with E-state index >= 15 is 0 Å². The molecule has 6 heteroatoms. The predicted molar refractivity (Wildman–Crippen MR) is 127 cm³/mol. The second-order valence-corrected chi connectivity index (χ2v) is 7.86. The summed E-state index contributed by atoms with van der Waals surface area (Å²) < 4.78 is 11.2. The molecule has 1 aliphatic heterocycles. The molecule has 4 rings (SSSR count). The van der Waals surface area contributed by atoms with Crippen LogP contribution < -0.4 is 14.8 Å². The van der Waals surface area contributed by atoms with Gasteiger partial charge in [0.25, 0.3) is 0 Å². The van der Waals surface area contributed by atoms with Crippen molar-refractivity contribution in [3.05, 3.63) is 89.7 Å². The zero-order chi connectivity index (χ0) is 22.2. The maximum atomic E-state index is 5.91. The highest BCUT2D eigenvalue weighted by Gasteiger charge is 2.26. The van der Waals surface area contributed by atoms with E-state index in [1.165, 1.54) is 5.56 Å². The molecular weight excluding hydrogens is 400 g/mol. The van der Waals surface area contributed by atoms with Gasteiger partial charge in [-0.05, 0) is 53.9 Å². The van der Waals surface area contributed by atoms with Crippen LogP contribution in [0.4, 0.5) is 0 Å². The Morgan fingerprint density at radius 1 is 1.09 bits per heavy atom. The Morgan fingerprint density at radius 3 is 2.72 bits per heavy atom. The number of nitrogens with one attached hydrogen (secondary N) is 1. The van der Waals surface area contributed by atoms with Crippen molar-refractivity contribution in [3.63, 3.8) is 0 Å². The number of aromatic nitrogens is 1. The fraction of sp³-hybridized carbons (Fsp3) is 0.308. The van der Waals surface area contributed by atoms with Crippen LogP contribution in [0.15, 0.2) is 77.9 Å². The van der Waals surface area contributed by atoms with Gasteiger partial charge < -0.3 is 19.7 Å². The van der Waals surface area contributed by atoms with Gasteiger partial charge in [-0.1, -0.05) is 30.3 Å². The number of hydrogen-bond donors (Lipinski definition) is 1. The first-order valence-electron chi connectivity index (χ1n) is 11.0. The van der Waals surface area contributed by atoms with Gasteiger partial charge in [0.2, 0.25) is 0 Å². The number of hydrogen-bond acceptors (Lipinski definition) is 4. The van der Waals surface area contributed by atoms with Crippen LogP contribution in [0.2, 0.25) is 0 Å². The summed E-state index contributed by atoms with van der Waals surface area (Å²) in [5, 5.41) is 3.51. The summed E-state index contributed by atoms with van der Waals surface area (Å²) in [7, 11) is 3.54. The Bertz CT molecular complexity index is 1020. The maximum absolute atomic E-state index is 5.91. The average molecular weight is 431 g/mol. The van der Waals surface area contributed by atoms with E-state index in [4.69, 9.17) is 9.47 Å². The zero-order valence-corrected chi connectivity index (χ0v) is 18.7. The predicted octanol–water partition coefficient (Wildman–Crippen LogP) is 4.23. The molecule has 1 N–H and O–H groups in total. The minimum atomic E-state index is 0.458. The highest BCUT2D eigenvalue weighted by atomic mass is 16.5. The third-order valence-corrected chi connectivity index (χ3v) is 5.75. The molecule has 2 heterocycles.